The number of amides is 2. The fraction of sp³-hybridized carbons (Fsp3) is 0.591. The Labute approximate surface area is 179 Å². The molecule has 0 aliphatic carbocycles. The molecule has 29 heavy (non-hydrogen) atoms. The van der Waals surface area contributed by atoms with Crippen LogP contribution in [0.15, 0.2) is 24.3 Å². The van der Waals surface area contributed by atoms with E-state index in [1.54, 1.807) is 6.92 Å². The van der Waals surface area contributed by atoms with Gasteiger partial charge in [0.25, 0.3) is 0 Å². The Bertz CT molecular complexity index is 752. The maximum atomic E-state index is 12.9. The number of carbonyl (C=O) groups excluding carboxylic acids is 3. The summed E-state index contributed by atoms with van der Waals surface area (Å²) in [5, 5.41) is 2.82. The predicted molar refractivity (Wildman–Crippen MR) is 116 cm³/mol. The molecule has 1 N–H and O–H groups in total. The summed E-state index contributed by atoms with van der Waals surface area (Å²) in [5.74, 6) is -0.500. The summed E-state index contributed by atoms with van der Waals surface area (Å²) in [5.41, 5.74) is 2.46. The van der Waals surface area contributed by atoms with Crippen molar-refractivity contribution in [3.05, 3.63) is 35.4 Å². The number of nitrogens with zero attached hydrogens (tertiary/aromatic N) is 1. The van der Waals surface area contributed by atoms with Crippen LogP contribution in [0.3, 0.4) is 0 Å². The average molecular weight is 421 g/mol. The molecule has 2 amide bonds. The van der Waals surface area contributed by atoms with Crippen molar-refractivity contribution in [2.75, 3.05) is 13.2 Å². The maximum absolute atomic E-state index is 12.9. The van der Waals surface area contributed by atoms with Gasteiger partial charge in [0.05, 0.1) is 6.10 Å². The standard InChI is InChI=1S/C22H30N2O4.H2S/c1-14(2)10-18(22(27)23-21-15(3)28-13-19(21)25)11-20(26)24-9-8-16-6-4-5-7-17(16)12-24;/h4-7,14-15,18,21H,8-13H2,1-3H3,(H,23,27);1H2/t15-,18-,21+;/m1./s1. The highest BCUT2D eigenvalue weighted by atomic mass is 32.1. The number of benzene rings is 1. The van der Waals surface area contributed by atoms with E-state index in [0.717, 1.165) is 6.42 Å². The average Bonchev–Trinajstić information content (AvgIpc) is 2.98. The van der Waals surface area contributed by atoms with Gasteiger partial charge in [-0.25, -0.2) is 0 Å². The van der Waals surface area contributed by atoms with Crippen LogP contribution in [0.25, 0.3) is 0 Å². The first-order valence-electron chi connectivity index (χ1n) is 10.1. The fourth-order valence-corrected chi connectivity index (χ4v) is 4.03. The van der Waals surface area contributed by atoms with Crippen molar-refractivity contribution >= 4 is 31.1 Å². The van der Waals surface area contributed by atoms with Gasteiger partial charge in [-0.2, -0.15) is 13.5 Å². The van der Waals surface area contributed by atoms with Gasteiger partial charge in [-0.05, 0) is 36.8 Å². The number of nitrogens with one attached hydrogen (secondary N) is 1. The quantitative estimate of drug-likeness (QED) is 0.766. The normalized spacial score (nSPS) is 22.1. The highest BCUT2D eigenvalue weighted by Gasteiger charge is 2.36. The molecule has 1 fully saturated rings. The first-order valence-corrected chi connectivity index (χ1v) is 10.1. The third kappa shape index (κ3) is 5.82. The van der Waals surface area contributed by atoms with Crippen LogP contribution in [0.1, 0.15) is 44.7 Å². The van der Waals surface area contributed by atoms with Gasteiger partial charge in [0, 0.05) is 25.4 Å². The number of Topliss-reactive ketones (excluding diaryl/α,β-unsaturated/α-hetero) is 1. The van der Waals surface area contributed by atoms with Gasteiger partial charge >= 0.3 is 0 Å². The van der Waals surface area contributed by atoms with E-state index < -0.39 is 12.0 Å². The van der Waals surface area contributed by atoms with Crippen LogP contribution in [-0.2, 0) is 32.1 Å². The van der Waals surface area contributed by atoms with Crippen molar-refractivity contribution < 1.29 is 19.1 Å². The molecule has 2 aliphatic heterocycles. The Balaban J connectivity index is 0.00000300. The van der Waals surface area contributed by atoms with Gasteiger partial charge in [-0.3, -0.25) is 14.4 Å². The minimum Gasteiger partial charge on any atom is -0.368 e. The van der Waals surface area contributed by atoms with Crippen LogP contribution in [0.4, 0.5) is 0 Å². The smallest absolute Gasteiger partial charge is 0.224 e. The lowest BCUT2D eigenvalue weighted by molar-refractivity contribution is -0.138. The molecule has 0 radical (unpaired) electrons. The topological polar surface area (TPSA) is 75.7 Å². The number of hydrogen-bond donors (Lipinski definition) is 1. The van der Waals surface area contributed by atoms with Crippen LogP contribution in [0, 0.1) is 11.8 Å². The van der Waals surface area contributed by atoms with Crippen LogP contribution in [0.5, 0.6) is 0 Å². The van der Waals surface area contributed by atoms with E-state index in [0.29, 0.717) is 19.5 Å². The fourth-order valence-electron chi connectivity index (χ4n) is 4.03. The predicted octanol–water partition coefficient (Wildman–Crippen LogP) is 2.21. The second-order valence-electron chi connectivity index (χ2n) is 8.33. The molecule has 3 rings (SSSR count). The summed E-state index contributed by atoms with van der Waals surface area (Å²) in [6, 6.07) is 7.56. The Kier molecular flexibility index (Phi) is 8.28. The van der Waals surface area contributed by atoms with Crippen molar-refractivity contribution in [2.24, 2.45) is 11.8 Å². The number of ether oxygens (including phenoxy) is 1. The number of rotatable bonds is 6. The second-order valence-corrected chi connectivity index (χ2v) is 8.33. The SMILES string of the molecule is CC(C)C[C@H](CC(=O)N1CCc2ccccc2C1)C(=O)N[C@@H]1C(=O)CO[C@@H]1C.S. The zero-order valence-electron chi connectivity index (χ0n) is 17.4. The molecule has 1 aromatic carbocycles. The highest BCUT2D eigenvalue weighted by molar-refractivity contribution is 7.59. The Morgan fingerprint density at radius 3 is 2.55 bits per heavy atom. The number of ketones is 1. The van der Waals surface area contributed by atoms with Gasteiger partial charge in [0.15, 0.2) is 5.78 Å². The van der Waals surface area contributed by atoms with E-state index in [2.05, 4.69) is 17.4 Å². The van der Waals surface area contributed by atoms with Crippen LogP contribution in [0.2, 0.25) is 0 Å². The van der Waals surface area contributed by atoms with Gasteiger partial charge in [-0.15, -0.1) is 0 Å². The minimum atomic E-state index is -0.612. The molecule has 2 heterocycles. The second kappa shape index (κ2) is 10.3. The highest BCUT2D eigenvalue weighted by Crippen LogP contribution is 2.23. The van der Waals surface area contributed by atoms with E-state index in [9.17, 15) is 14.4 Å². The Morgan fingerprint density at radius 1 is 1.24 bits per heavy atom. The van der Waals surface area contributed by atoms with Crippen LogP contribution >= 0.6 is 13.5 Å². The third-order valence-electron chi connectivity index (χ3n) is 5.63. The van der Waals surface area contributed by atoms with E-state index in [1.165, 1.54) is 11.1 Å². The van der Waals surface area contributed by atoms with Crippen molar-refractivity contribution in [1.82, 2.24) is 10.2 Å². The van der Waals surface area contributed by atoms with Crippen LogP contribution in [-0.4, -0.2) is 47.8 Å². The summed E-state index contributed by atoms with van der Waals surface area (Å²) in [6.45, 7) is 7.16. The van der Waals surface area contributed by atoms with Gasteiger partial charge < -0.3 is 15.0 Å². The molecule has 3 atom stereocenters. The third-order valence-corrected chi connectivity index (χ3v) is 5.63. The molecule has 0 spiro atoms. The minimum absolute atomic E-state index is 0. The molecule has 0 unspecified atom stereocenters. The first-order chi connectivity index (χ1) is 13.3. The molecular formula is C22H32N2O4S. The summed E-state index contributed by atoms with van der Waals surface area (Å²) in [7, 11) is 0. The lowest BCUT2D eigenvalue weighted by atomic mass is 9.91. The van der Waals surface area contributed by atoms with Crippen molar-refractivity contribution in [2.45, 2.75) is 58.7 Å². The molecular weight excluding hydrogens is 388 g/mol. The summed E-state index contributed by atoms with van der Waals surface area (Å²) >= 11 is 0. The molecule has 7 heteroatoms. The van der Waals surface area contributed by atoms with Crippen LogP contribution < -0.4 is 5.32 Å². The van der Waals surface area contributed by atoms with E-state index >= 15 is 0 Å². The zero-order valence-corrected chi connectivity index (χ0v) is 18.4. The lowest BCUT2D eigenvalue weighted by Crippen LogP contribution is -2.47. The maximum Gasteiger partial charge on any atom is 0.224 e. The van der Waals surface area contributed by atoms with Crippen molar-refractivity contribution in [3.63, 3.8) is 0 Å². The molecule has 0 saturated carbocycles. The van der Waals surface area contributed by atoms with E-state index in [1.807, 2.05) is 30.9 Å². The molecule has 1 saturated heterocycles. The van der Waals surface area contributed by atoms with Gasteiger partial charge in [0.1, 0.15) is 12.6 Å². The van der Waals surface area contributed by atoms with Crippen molar-refractivity contribution in [3.8, 4) is 0 Å². The molecule has 0 aromatic heterocycles. The van der Waals surface area contributed by atoms with E-state index in [4.69, 9.17) is 4.74 Å². The summed E-state index contributed by atoms with van der Waals surface area (Å²) < 4.78 is 5.31. The number of hydrogen-bond acceptors (Lipinski definition) is 4. The molecule has 1 aromatic rings. The monoisotopic (exact) mass is 420 g/mol. The summed E-state index contributed by atoms with van der Waals surface area (Å²) in [6.07, 6.45) is 1.29. The summed E-state index contributed by atoms with van der Waals surface area (Å²) in [4.78, 5) is 39.6. The number of carbonyl (C=O) groups is 3. The van der Waals surface area contributed by atoms with E-state index in [-0.39, 0.29) is 56.1 Å². The molecule has 2 aliphatic rings. The lowest BCUT2D eigenvalue weighted by Gasteiger charge is -2.30. The largest absolute Gasteiger partial charge is 0.368 e. The Morgan fingerprint density at radius 2 is 1.93 bits per heavy atom. The Hall–Kier alpha value is -1.86. The number of fused-ring (bicyclic) bond motifs is 1. The first kappa shape index (κ1) is 23.4. The molecule has 0 bridgehead atoms. The molecule has 6 nitrogen and oxygen atoms in total. The van der Waals surface area contributed by atoms with Crippen molar-refractivity contribution in [1.29, 1.82) is 0 Å². The molecule has 160 valence electrons. The van der Waals surface area contributed by atoms with Gasteiger partial charge in [0.2, 0.25) is 11.8 Å². The van der Waals surface area contributed by atoms with Gasteiger partial charge in [-0.1, -0.05) is 38.1 Å². The zero-order chi connectivity index (χ0) is 20.3.